The van der Waals surface area contributed by atoms with Gasteiger partial charge in [0.05, 0.1) is 26.3 Å². The highest BCUT2D eigenvalue weighted by Crippen LogP contribution is 2.30. The molecule has 2 heterocycles. The lowest BCUT2D eigenvalue weighted by molar-refractivity contribution is 0.297. The maximum absolute atomic E-state index is 5.73. The summed E-state index contributed by atoms with van der Waals surface area (Å²) in [6.07, 6.45) is 2.44. The quantitative estimate of drug-likeness (QED) is 0.393. The largest absolute Gasteiger partial charge is 0.490 e. The second-order valence-corrected chi connectivity index (χ2v) is 5.68. The first-order valence-electron chi connectivity index (χ1n) is 8.50. The molecule has 0 aliphatic carbocycles. The van der Waals surface area contributed by atoms with Crippen LogP contribution >= 0.6 is 24.0 Å². The van der Waals surface area contributed by atoms with Crippen molar-refractivity contribution in [1.29, 1.82) is 0 Å². The molecular weight excluding hydrogens is 447 g/mol. The normalized spacial score (nSPS) is 13.5. The van der Waals surface area contributed by atoms with Crippen molar-refractivity contribution >= 4 is 29.9 Å². The molecule has 1 aromatic heterocycles. The summed E-state index contributed by atoms with van der Waals surface area (Å²) in [5.74, 6) is 3.18. The van der Waals surface area contributed by atoms with Crippen LogP contribution < -0.4 is 20.1 Å². The molecule has 8 nitrogen and oxygen atoms in total. The molecule has 0 atom stereocenters. The van der Waals surface area contributed by atoms with Crippen LogP contribution in [0.3, 0.4) is 0 Å². The van der Waals surface area contributed by atoms with Crippen molar-refractivity contribution in [3.05, 3.63) is 35.9 Å². The summed E-state index contributed by atoms with van der Waals surface area (Å²) in [5, 5.41) is 10.6. The molecule has 0 bridgehead atoms. The molecule has 2 aromatic rings. The number of benzene rings is 1. The Labute approximate surface area is 170 Å². The van der Waals surface area contributed by atoms with Gasteiger partial charge in [0.2, 0.25) is 0 Å². The van der Waals surface area contributed by atoms with Gasteiger partial charge in [-0.2, -0.15) is 5.10 Å². The van der Waals surface area contributed by atoms with Crippen LogP contribution in [0, 0.1) is 0 Å². The molecule has 0 fully saturated rings. The number of hydrogen-bond acceptors (Lipinski definition) is 5. The van der Waals surface area contributed by atoms with Crippen LogP contribution in [0.4, 0.5) is 0 Å². The van der Waals surface area contributed by atoms with Gasteiger partial charge in [-0.15, -0.1) is 24.0 Å². The highest BCUT2D eigenvalue weighted by molar-refractivity contribution is 14.0. The number of guanidine groups is 1. The van der Waals surface area contributed by atoms with E-state index < -0.39 is 0 Å². The Morgan fingerprint density at radius 1 is 1.23 bits per heavy atom. The third-order valence-corrected chi connectivity index (χ3v) is 3.79. The Bertz CT molecular complexity index is 734. The number of aliphatic imine (C=N–C) groups is 1. The summed E-state index contributed by atoms with van der Waals surface area (Å²) >= 11 is 0. The molecule has 3 rings (SSSR count). The van der Waals surface area contributed by atoms with E-state index in [-0.39, 0.29) is 24.0 Å². The van der Waals surface area contributed by atoms with Crippen molar-refractivity contribution in [2.24, 2.45) is 12.0 Å². The van der Waals surface area contributed by atoms with Gasteiger partial charge in [-0.3, -0.25) is 4.68 Å². The number of nitrogens with one attached hydrogen (secondary N) is 2. The lowest BCUT2D eigenvalue weighted by Gasteiger charge is -2.12. The van der Waals surface area contributed by atoms with Gasteiger partial charge < -0.3 is 20.1 Å². The Kier molecular flexibility index (Phi) is 7.95. The van der Waals surface area contributed by atoms with Gasteiger partial charge in [-0.05, 0) is 24.6 Å². The van der Waals surface area contributed by atoms with Gasteiger partial charge in [-0.25, -0.2) is 9.98 Å². The molecule has 142 valence electrons. The molecule has 1 aliphatic rings. The van der Waals surface area contributed by atoms with E-state index in [9.17, 15) is 0 Å². The molecule has 26 heavy (non-hydrogen) atoms. The van der Waals surface area contributed by atoms with E-state index in [0.717, 1.165) is 41.8 Å². The van der Waals surface area contributed by atoms with Crippen molar-refractivity contribution in [2.45, 2.75) is 26.4 Å². The minimum atomic E-state index is 0. The lowest BCUT2D eigenvalue weighted by atomic mass is 10.2. The summed E-state index contributed by atoms with van der Waals surface area (Å²) in [5.41, 5.74) is 1.07. The molecular formula is C17H25IN6O2. The maximum atomic E-state index is 5.73. The molecule has 0 saturated heterocycles. The van der Waals surface area contributed by atoms with E-state index in [1.54, 1.807) is 11.0 Å². The van der Waals surface area contributed by atoms with Gasteiger partial charge in [0, 0.05) is 20.0 Å². The van der Waals surface area contributed by atoms with Gasteiger partial charge in [0.1, 0.15) is 12.2 Å². The molecule has 0 unspecified atom stereocenters. The van der Waals surface area contributed by atoms with Gasteiger partial charge in [0.25, 0.3) is 0 Å². The first kappa shape index (κ1) is 20.3. The lowest BCUT2D eigenvalue weighted by Crippen LogP contribution is -2.37. The van der Waals surface area contributed by atoms with E-state index in [0.29, 0.717) is 26.3 Å². The van der Waals surface area contributed by atoms with E-state index >= 15 is 0 Å². The summed E-state index contributed by atoms with van der Waals surface area (Å²) < 4.78 is 13.1. The zero-order chi connectivity index (χ0) is 17.5. The van der Waals surface area contributed by atoms with Crippen LogP contribution in [-0.2, 0) is 20.1 Å². The number of rotatable bonds is 5. The number of nitrogens with zero attached hydrogens (tertiary/aromatic N) is 4. The van der Waals surface area contributed by atoms with Gasteiger partial charge >= 0.3 is 0 Å². The van der Waals surface area contributed by atoms with E-state index in [4.69, 9.17) is 9.47 Å². The SMILES string of the molecule is CCNC(=NCc1ccc2c(c1)OCCCO2)NCc1ncnn1C.I. The average Bonchev–Trinajstić information content (AvgIpc) is 2.89. The topological polar surface area (TPSA) is 85.6 Å². The fraction of sp³-hybridized carbons (Fsp3) is 0.471. The van der Waals surface area contributed by atoms with Crippen molar-refractivity contribution < 1.29 is 9.47 Å². The fourth-order valence-corrected chi connectivity index (χ4v) is 2.46. The molecule has 2 N–H and O–H groups in total. The third-order valence-electron chi connectivity index (χ3n) is 3.79. The van der Waals surface area contributed by atoms with E-state index in [1.807, 2.05) is 32.2 Å². The number of aryl methyl sites for hydroxylation is 1. The summed E-state index contributed by atoms with van der Waals surface area (Å²) in [4.78, 5) is 8.83. The summed E-state index contributed by atoms with van der Waals surface area (Å²) in [7, 11) is 1.87. The predicted octanol–water partition coefficient (Wildman–Crippen LogP) is 1.85. The van der Waals surface area contributed by atoms with Crippen LogP contribution in [-0.4, -0.2) is 40.5 Å². The first-order chi connectivity index (χ1) is 12.3. The molecule has 0 saturated carbocycles. The number of hydrogen-bond donors (Lipinski definition) is 2. The van der Waals surface area contributed by atoms with Crippen molar-refractivity contribution in [3.63, 3.8) is 0 Å². The van der Waals surface area contributed by atoms with Gasteiger partial charge in [0.15, 0.2) is 17.5 Å². The Balaban J connectivity index is 0.00000243. The van der Waals surface area contributed by atoms with Crippen LogP contribution in [0.2, 0.25) is 0 Å². The Morgan fingerprint density at radius 2 is 2.04 bits per heavy atom. The highest BCUT2D eigenvalue weighted by Gasteiger charge is 2.10. The Hall–Kier alpha value is -2.04. The molecule has 0 radical (unpaired) electrons. The van der Waals surface area contributed by atoms with Crippen LogP contribution in [0.1, 0.15) is 24.7 Å². The average molecular weight is 472 g/mol. The van der Waals surface area contributed by atoms with Crippen molar-refractivity contribution in [3.8, 4) is 11.5 Å². The van der Waals surface area contributed by atoms with E-state index in [2.05, 4.69) is 25.7 Å². The first-order valence-corrected chi connectivity index (χ1v) is 8.50. The van der Waals surface area contributed by atoms with Crippen LogP contribution in [0.25, 0.3) is 0 Å². The van der Waals surface area contributed by atoms with Crippen LogP contribution in [0.5, 0.6) is 11.5 Å². The monoisotopic (exact) mass is 472 g/mol. The standard InChI is InChI=1S/C17H24N6O2.HI/c1-3-18-17(20-11-16-21-12-22-23(16)2)19-10-13-5-6-14-15(9-13)25-8-4-7-24-14;/h5-6,9,12H,3-4,7-8,10-11H2,1-2H3,(H2,18,19,20);1H. The third kappa shape index (κ3) is 5.48. The molecule has 0 spiro atoms. The number of aromatic nitrogens is 3. The van der Waals surface area contributed by atoms with Gasteiger partial charge in [-0.1, -0.05) is 6.07 Å². The zero-order valence-corrected chi connectivity index (χ0v) is 17.4. The maximum Gasteiger partial charge on any atom is 0.191 e. The number of halogens is 1. The van der Waals surface area contributed by atoms with Crippen molar-refractivity contribution in [2.75, 3.05) is 19.8 Å². The highest BCUT2D eigenvalue weighted by atomic mass is 127. The van der Waals surface area contributed by atoms with Crippen LogP contribution in [0.15, 0.2) is 29.5 Å². The molecule has 1 aromatic carbocycles. The second-order valence-electron chi connectivity index (χ2n) is 5.68. The number of fused-ring (bicyclic) bond motifs is 1. The molecule has 0 amide bonds. The summed E-state index contributed by atoms with van der Waals surface area (Å²) in [6, 6.07) is 5.96. The zero-order valence-electron chi connectivity index (χ0n) is 15.1. The second kappa shape index (κ2) is 10.2. The smallest absolute Gasteiger partial charge is 0.191 e. The fourth-order valence-electron chi connectivity index (χ4n) is 2.46. The van der Waals surface area contributed by atoms with Crippen molar-refractivity contribution in [1.82, 2.24) is 25.4 Å². The van der Waals surface area contributed by atoms with E-state index in [1.165, 1.54) is 0 Å². The number of ether oxygens (including phenoxy) is 2. The predicted molar refractivity (Wildman–Crippen MR) is 110 cm³/mol. The molecule has 9 heteroatoms. The minimum absolute atomic E-state index is 0. The molecule has 1 aliphatic heterocycles. The Morgan fingerprint density at radius 3 is 2.77 bits per heavy atom. The minimum Gasteiger partial charge on any atom is -0.490 e. The summed E-state index contributed by atoms with van der Waals surface area (Å²) in [6.45, 7) is 5.30.